The number of ether oxygens (including phenoxy) is 1. The van der Waals surface area contributed by atoms with E-state index in [1.807, 2.05) is 0 Å². The van der Waals surface area contributed by atoms with Gasteiger partial charge in [0.05, 0.1) is 24.5 Å². The molecule has 1 saturated carbocycles. The van der Waals surface area contributed by atoms with Crippen molar-refractivity contribution in [3.8, 4) is 0 Å². The standard InChI is InChI=1S/C10H15N3O4S/c1-17-10(14)7-3-2-4-8(7)18(15,16)13-9-5-6-11-12-9/h5-8H,2-4H2,1H3,(H2,11,12,13). The van der Waals surface area contributed by atoms with Crippen LogP contribution in [0.3, 0.4) is 0 Å². The molecule has 2 unspecified atom stereocenters. The minimum atomic E-state index is -3.61. The maximum atomic E-state index is 12.2. The van der Waals surface area contributed by atoms with Crippen LogP contribution in [0.2, 0.25) is 0 Å². The number of aromatic nitrogens is 2. The predicted octanol–water partition coefficient (Wildman–Crippen LogP) is 0.493. The van der Waals surface area contributed by atoms with E-state index in [1.54, 1.807) is 0 Å². The average molecular weight is 273 g/mol. The third kappa shape index (κ3) is 2.47. The van der Waals surface area contributed by atoms with Crippen molar-refractivity contribution in [1.82, 2.24) is 10.2 Å². The van der Waals surface area contributed by atoms with Crippen molar-refractivity contribution in [3.63, 3.8) is 0 Å². The number of sulfonamides is 1. The Balaban J connectivity index is 2.16. The molecular weight excluding hydrogens is 258 g/mol. The molecule has 1 aliphatic carbocycles. The highest BCUT2D eigenvalue weighted by atomic mass is 32.2. The maximum Gasteiger partial charge on any atom is 0.310 e. The van der Waals surface area contributed by atoms with E-state index in [9.17, 15) is 13.2 Å². The number of nitrogens with one attached hydrogen (secondary N) is 2. The van der Waals surface area contributed by atoms with Gasteiger partial charge in [-0.15, -0.1) is 0 Å². The summed E-state index contributed by atoms with van der Waals surface area (Å²) in [7, 11) is -2.34. The van der Waals surface area contributed by atoms with Gasteiger partial charge in [0, 0.05) is 6.07 Å². The predicted molar refractivity (Wildman–Crippen MR) is 64.3 cm³/mol. The lowest BCUT2D eigenvalue weighted by atomic mass is 10.1. The lowest BCUT2D eigenvalue weighted by molar-refractivity contribution is -0.145. The van der Waals surface area contributed by atoms with Crippen LogP contribution in [-0.4, -0.2) is 36.9 Å². The second-order valence-electron chi connectivity index (χ2n) is 4.22. The second kappa shape index (κ2) is 4.97. The van der Waals surface area contributed by atoms with Gasteiger partial charge in [0.25, 0.3) is 0 Å². The molecule has 0 saturated heterocycles. The number of carbonyl (C=O) groups excluding carboxylic acids is 1. The number of hydrogen-bond acceptors (Lipinski definition) is 5. The van der Waals surface area contributed by atoms with Gasteiger partial charge in [-0.1, -0.05) is 6.42 Å². The first-order valence-electron chi connectivity index (χ1n) is 5.63. The summed E-state index contributed by atoms with van der Waals surface area (Å²) >= 11 is 0. The molecule has 0 amide bonds. The van der Waals surface area contributed by atoms with Crippen molar-refractivity contribution in [3.05, 3.63) is 12.3 Å². The summed E-state index contributed by atoms with van der Waals surface area (Å²) in [5.74, 6) is -0.756. The summed E-state index contributed by atoms with van der Waals surface area (Å²) < 4.78 is 31.4. The number of nitrogens with zero attached hydrogens (tertiary/aromatic N) is 1. The zero-order chi connectivity index (χ0) is 13.2. The monoisotopic (exact) mass is 273 g/mol. The average Bonchev–Trinajstić information content (AvgIpc) is 2.97. The number of H-pyrrole nitrogens is 1. The summed E-state index contributed by atoms with van der Waals surface area (Å²) in [6.07, 6.45) is 3.16. The van der Waals surface area contributed by atoms with Crippen LogP contribution in [0, 0.1) is 5.92 Å². The van der Waals surface area contributed by atoms with Gasteiger partial charge in [0.1, 0.15) is 5.82 Å². The molecule has 1 fully saturated rings. The number of esters is 1. The molecule has 0 bridgehead atoms. The van der Waals surface area contributed by atoms with Gasteiger partial charge in [0.15, 0.2) is 0 Å². The number of anilines is 1. The summed E-state index contributed by atoms with van der Waals surface area (Å²) in [4.78, 5) is 11.5. The minimum absolute atomic E-state index is 0.297. The largest absolute Gasteiger partial charge is 0.469 e. The van der Waals surface area contributed by atoms with Gasteiger partial charge >= 0.3 is 5.97 Å². The van der Waals surface area contributed by atoms with Crippen LogP contribution in [-0.2, 0) is 19.6 Å². The highest BCUT2D eigenvalue weighted by Crippen LogP contribution is 2.32. The Morgan fingerprint density at radius 3 is 2.94 bits per heavy atom. The molecule has 0 radical (unpaired) electrons. The molecule has 7 nitrogen and oxygen atoms in total. The Morgan fingerprint density at radius 2 is 2.33 bits per heavy atom. The first-order valence-corrected chi connectivity index (χ1v) is 7.18. The molecule has 2 N–H and O–H groups in total. The van der Waals surface area contributed by atoms with E-state index in [1.165, 1.54) is 19.4 Å². The van der Waals surface area contributed by atoms with Crippen molar-refractivity contribution >= 4 is 21.8 Å². The number of methoxy groups -OCH3 is 1. The minimum Gasteiger partial charge on any atom is -0.469 e. The van der Waals surface area contributed by atoms with E-state index in [0.29, 0.717) is 25.1 Å². The fourth-order valence-electron chi connectivity index (χ4n) is 2.26. The van der Waals surface area contributed by atoms with E-state index >= 15 is 0 Å². The summed E-state index contributed by atoms with van der Waals surface area (Å²) in [5.41, 5.74) is 0. The van der Waals surface area contributed by atoms with Gasteiger partial charge in [-0.2, -0.15) is 5.10 Å². The Morgan fingerprint density at radius 1 is 1.56 bits per heavy atom. The van der Waals surface area contributed by atoms with Gasteiger partial charge < -0.3 is 4.74 Å². The van der Waals surface area contributed by atoms with Gasteiger partial charge in [0.2, 0.25) is 10.0 Å². The van der Waals surface area contributed by atoms with Crippen LogP contribution in [0.4, 0.5) is 5.82 Å². The van der Waals surface area contributed by atoms with Gasteiger partial charge in [-0.3, -0.25) is 14.6 Å². The van der Waals surface area contributed by atoms with Crippen LogP contribution < -0.4 is 4.72 Å². The summed E-state index contributed by atoms with van der Waals surface area (Å²) in [6.45, 7) is 0. The lowest BCUT2D eigenvalue weighted by Gasteiger charge is -2.18. The van der Waals surface area contributed by atoms with Crippen molar-refractivity contribution < 1.29 is 17.9 Å². The molecule has 2 atom stereocenters. The second-order valence-corrected chi connectivity index (χ2v) is 6.12. The van der Waals surface area contributed by atoms with E-state index < -0.39 is 27.2 Å². The molecule has 18 heavy (non-hydrogen) atoms. The smallest absolute Gasteiger partial charge is 0.310 e. The third-order valence-electron chi connectivity index (χ3n) is 3.11. The van der Waals surface area contributed by atoms with Gasteiger partial charge in [-0.05, 0) is 12.8 Å². The van der Waals surface area contributed by atoms with Crippen LogP contribution in [0.1, 0.15) is 19.3 Å². The first-order chi connectivity index (χ1) is 8.54. The van der Waals surface area contributed by atoms with Crippen LogP contribution in [0.15, 0.2) is 12.3 Å². The number of carbonyl (C=O) groups is 1. The Kier molecular flexibility index (Phi) is 3.55. The maximum absolute atomic E-state index is 12.2. The van der Waals surface area contributed by atoms with E-state index in [0.717, 1.165) is 0 Å². The molecule has 1 heterocycles. The topological polar surface area (TPSA) is 101 Å². The number of rotatable bonds is 4. The van der Waals surface area contributed by atoms with Crippen molar-refractivity contribution in [2.24, 2.45) is 5.92 Å². The normalized spacial score (nSPS) is 23.8. The molecule has 0 aliphatic heterocycles. The van der Waals surface area contributed by atoms with Crippen LogP contribution >= 0.6 is 0 Å². The Hall–Kier alpha value is -1.57. The fraction of sp³-hybridized carbons (Fsp3) is 0.600. The van der Waals surface area contributed by atoms with E-state index in [4.69, 9.17) is 0 Å². The van der Waals surface area contributed by atoms with Crippen molar-refractivity contribution in [2.45, 2.75) is 24.5 Å². The third-order valence-corrected chi connectivity index (χ3v) is 4.97. The molecule has 1 aliphatic rings. The number of aromatic amines is 1. The zero-order valence-electron chi connectivity index (χ0n) is 9.92. The van der Waals surface area contributed by atoms with Gasteiger partial charge in [-0.25, -0.2) is 8.42 Å². The Labute approximate surface area is 105 Å². The van der Waals surface area contributed by atoms with E-state index in [-0.39, 0.29) is 0 Å². The fourth-order valence-corrected chi connectivity index (χ4v) is 3.99. The summed E-state index contributed by atoms with van der Waals surface area (Å²) in [6, 6.07) is 1.51. The lowest BCUT2D eigenvalue weighted by Crippen LogP contribution is -2.35. The molecule has 0 spiro atoms. The summed E-state index contributed by atoms with van der Waals surface area (Å²) in [5, 5.41) is 5.44. The van der Waals surface area contributed by atoms with Crippen molar-refractivity contribution in [2.75, 3.05) is 11.8 Å². The molecule has 2 rings (SSSR count). The first kappa shape index (κ1) is 12.9. The Bertz CT molecular complexity index is 511. The molecule has 8 heteroatoms. The highest BCUT2D eigenvalue weighted by molar-refractivity contribution is 7.93. The molecule has 0 aromatic carbocycles. The zero-order valence-corrected chi connectivity index (χ0v) is 10.7. The quantitative estimate of drug-likeness (QED) is 0.778. The number of hydrogen-bond donors (Lipinski definition) is 2. The van der Waals surface area contributed by atoms with E-state index in [2.05, 4.69) is 19.7 Å². The van der Waals surface area contributed by atoms with Crippen LogP contribution in [0.5, 0.6) is 0 Å². The van der Waals surface area contributed by atoms with Crippen LogP contribution in [0.25, 0.3) is 0 Å². The highest BCUT2D eigenvalue weighted by Gasteiger charge is 2.42. The molecule has 1 aromatic heterocycles. The SMILES string of the molecule is COC(=O)C1CCCC1S(=O)(=O)Nc1ccn[nH]1. The molecule has 100 valence electrons. The molecular formula is C10H15N3O4S. The van der Waals surface area contributed by atoms with Crippen molar-refractivity contribution in [1.29, 1.82) is 0 Å². The molecule has 1 aromatic rings.